The van der Waals surface area contributed by atoms with E-state index in [0.29, 0.717) is 24.3 Å². The van der Waals surface area contributed by atoms with Crippen molar-refractivity contribution in [3.05, 3.63) is 24.3 Å². The molecule has 0 aromatic heterocycles. The number of carbonyl (C=O) groups excluding carboxylic acids is 2. The Labute approximate surface area is 127 Å². The van der Waals surface area contributed by atoms with Crippen molar-refractivity contribution >= 4 is 44.2 Å². The number of amides is 1. The fraction of sp³-hybridized carbons (Fsp3) is 0.385. The fourth-order valence-corrected chi connectivity index (χ4v) is 3.64. The lowest BCUT2D eigenvalue weighted by atomic mass is 10.2. The number of sulfonamides is 1. The predicted molar refractivity (Wildman–Crippen MR) is 83.9 cm³/mol. The molecule has 1 atom stereocenters. The lowest BCUT2D eigenvalue weighted by Gasteiger charge is -2.17. The number of benzene rings is 1. The summed E-state index contributed by atoms with van der Waals surface area (Å²) in [6.07, 6.45) is 1.42. The molecule has 1 unspecified atom stereocenters. The molecule has 6 nitrogen and oxygen atoms in total. The molecule has 1 fully saturated rings. The molecule has 1 saturated heterocycles. The number of nitrogens with zero attached hydrogens (tertiary/aromatic N) is 1. The highest BCUT2D eigenvalue weighted by Gasteiger charge is 2.31. The van der Waals surface area contributed by atoms with Gasteiger partial charge < -0.3 is 4.90 Å². The van der Waals surface area contributed by atoms with Gasteiger partial charge >= 0.3 is 0 Å². The van der Waals surface area contributed by atoms with Gasteiger partial charge in [0.2, 0.25) is 15.9 Å². The molecule has 0 radical (unpaired) electrons. The first-order valence-corrected chi connectivity index (χ1v) is 9.07. The molecule has 21 heavy (non-hydrogen) atoms. The van der Waals surface area contributed by atoms with Crippen molar-refractivity contribution in [3.63, 3.8) is 0 Å². The normalized spacial score (nSPS) is 18.9. The van der Waals surface area contributed by atoms with E-state index in [1.165, 1.54) is 18.7 Å². The van der Waals surface area contributed by atoms with Crippen LogP contribution in [-0.2, 0) is 19.6 Å². The summed E-state index contributed by atoms with van der Waals surface area (Å²) in [5.74, 6) is -0.0300. The minimum absolute atomic E-state index is 0.00218. The molecule has 1 heterocycles. The number of carbonyl (C=O) groups is 2. The molecule has 1 aromatic carbocycles. The molecule has 0 aliphatic carbocycles. The van der Waals surface area contributed by atoms with Crippen LogP contribution >= 0.6 is 11.8 Å². The van der Waals surface area contributed by atoms with Gasteiger partial charge in [0.15, 0.2) is 5.12 Å². The van der Waals surface area contributed by atoms with Gasteiger partial charge in [0.1, 0.15) is 0 Å². The summed E-state index contributed by atoms with van der Waals surface area (Å²) in [5, 5.41) is -0.0221. The minimum Gasteiger partial charge on any atom is -0.311 e. The number of nitrogens with one attached hydrogen (secondary N) is 1. The third kappa shape index (κ3) is 4.47. The maximum Gasteiger partial charge on any atom is 0.229 e. The maximum atomic E-state index is 12.0. The highest BCUT2D eigenvalue weighted by Crippen LogP contribution is 2.29. The summed E-state index contributed by atoms with van der Waals surface area (Å²) in [6, 6.07) is 6.59. The Kier molecular flexibility index (Phi) is 4.58. The monoisotopic (exact) mass is 328 g/mol. The summed E-state index contributed by atoms with van der Waals surface area (Å²) < 4.78 is 24.6. The third-order valence-corrected chi connectivity index (χ3v) is 4.49. The van der Waals surface area contributed by atoms with Crippen LogP contribution in [0.2, 0.25) is 0 Å². The summed E-state index contributed by atoms with van der Waals surface area (Å²) in [6.45, 7) is 1.98. The van der Waals surface area contributed by atoms with Crippen LogP contribution in [0.25, 0.3) is 0 Å². The van der Waals surface area contributed by atoms with Gasteiger partial charge in [-0.05, 0) is 24.3 Å². The summed E-state index contributed by atoms with van der Waals surface area (Å²) >= 11 is 1.18. The van der Waals surface area contributed by atoms with E-state index in [4.69, 9.17) is 0 Å². The smallest absolute Gasteiger partial charge is 0.229 e. The number of thioether (sulfide) groups is 1. The van der Waals surface area contributed by atoms with E-state index in [-0.39, 0.29) is 16.3 Å². The SMILES string of the molecule is CC(=O)SC1CC(=O)N(c2ccc(NS(C)(=O)=O)cc2)C1. The largest absolute Gasteiger partial charge is 0.311 e. The Bertz CT molecular complexity index is 655. The molecule has 1 aliphatic rings. The second-order valence-corrected chi connectivity index (χ2v) is 8.09. The first-order chi connectivity index (χ1) is 9.74. The molecule has 8 heteroatoms. The zero-order valence-corrected chi connectivity index (χ0v) is 13.3. The van der Waals surface area contributed by atoms with E-state index in [2.05, 4.69) is 4.72 Å². The zero-order chi connectivity index (χ0) is 15.6. The van der Waals surface area contributed by atoms with Crippen LogP contribution in [-0.4, -0.2) is 37.5 Å². The van der Waals surface area contributed by atoms with Crippen molar-refractivity contribution in [2.24, 2.45) is 0 Å². The van der Waals surface area contributed by atoms with Crippen LogP contribution in [0.15, 0.2) is 24.3 Å². The summed E-state index contributed by atoms with van der Waals surface area (Å²) in [7, 11) is -3.31. The van der Waals surface area contributed by atoms with Crippen LogP contribution in [0.3, 0.4) is 0 Å². The molecule has 1 amide bonds. The van der Waals surface area contributed by atoms with Crippen LogP contribution in [0.1, 0.15) is 13.3 Å². The fourth-order valence-electron chi connectivity index (χ4n) is 2.16. The van der Waals surface area contributed by atoms with Crippen molar-refractivity contribution in [2.75, 3.05) is 22.4 Å². The van der Waals surface area contributed by atoms with Crippen LogP contribution in [0.4, 0.5) is 11.4 Å². The van der Waals surface area contributed by atoms with E-state index in [1.807, 2.05) is 0 Å². The second kappa shape index (κ2) is 6.07. The van der Waals surface area contributed by atoms with Crippen molar-refractivity contribution in [2.45, 2.75) is 18.6 Å². The van der Waals surface area contributed by atoms with Gasteiger partial charge in [0.25, 0.3) is 0 Å². The van der Waals surface area contributed by atoms with Crippen LogP contribution < -0.4 is 9.62 Å². The van der Waals surface area contributed by atoms with Crippen LogP contribution in [0.5, 0.6) is 0 Å². The van der Waals surface area contributed by atoms with E-state index in [0.717, 1.165) is 6.26 Å². The molecule has 1 aromatic rings. The van der Waals surface area contributed by atoms with Gasteiger partial charge in [-0.25, -0.2) is 8.42 Å². The molecule has 0 saturated carbocycles. The highest BCUT2D eigenvalue weighted by atomic mass is 32.2. The van der Waals surface area contributed by atoms with Crippen molar-refractivity contribution in [1.29, 1.82) is 0 Å². The average Bonchev–Trinajstić information content (AvgIpc) is 2.68. The Morgan fingerprint density at radius 2 is 1.95 bits per heavy atom. The summed E-state index contributed by atoms with van der Waals surface area (Å²) in [4.78, 5) is 24.7. The summed E-state index contributed by atoms with van der Waals surface area (Å²) in [5.41, 5.74) is 1.15. The Morgan fingerprint density at radius 3 is 2.48 bits per heavy atom. The van der Waals surface area contributed by atoms with Gasteiger partial charge in [0.05, 0.1) is 6.26 Å². The molecular formula is C13H16N2O4S2. The first-order valence-electron chi connectivity index (χ1n) is 6.30. The third-order valence-electron chi connectivity index (χ3n) is 2.90. The Balaban J connectivity index is 2.09. The van der Waals surface area contributed by atoms with E-state index in [9.17, 15) is 18.0 Å². The number of rotatable bonds is 4. The quantitative estimate of drug-likeness (QED) is 0.904. The van der Waals surface area contributed by atoms with Crippen molar-refractivity contribution in [3.8, 4) is 0 Å². The average molecular weight is 328 g/mol. The molecule has 1 aliphatic heterocycles. The Hall–Kier alpha value is -1.54. The lowest BCUT2D eigenvalue weighted by molar-refractivity contribution is -0.117. The highest BCUT2D eigenvalue weighted by molar-refractivity contribution is 8.14. The molecule has 1 N–H and O–H groups in total. The van der Waals surface area contributed by atoms with Crippen molar-refractivity contribution in [1.82, 2.24) is 0 Å². The second-order valence-electron chi connectivity index (χ2n) is 4.86. The minimum atomic E-state index is -3.31. The molecule has 2 rings (SSSR count). The molecular weight excluding hydrogens is 312 g/mol. The predicted octanol–water partition coefficient (Wildman–Crippen LogP) is 1.44. The van der Waals surface area contributed by atoms with Gasteiger partial charge in [-0.15, -0.1) is 0 Å². The lowest BCUT2D eigenvalue weighted by Crippen LogP contribution is -2.24. The van der Waals surface area contributed by atoms with E-state index >= 15 is 0 Å². The molecule has 0 spiro atoms. The number of anilines is 2. The van der Waals surface area contributed by atoms with Gasteiger partial charge in [-0.2, -0.15) is 0 Å². The van der Waals surface area contributed by atoms with Gasteiger partial charge in [-0.3, -0.25) is 14.3 Å². The van der Waals surface area contributed by atoms with Crippen molar-refractivity contribution < 1.29 is 18.0 Å². The van der Waals surface area contributed by atoms with E-state index in [1.54, 1.807) is 29.2 Å². The van der Waals surface area contributed by atoms with E-state index < -0.39 is 10.0 Å². The topological polar surface area (TPSA) is 83.6 Å². The van der Waals surface area contributed by atoms with Gasteiger partial charge in [-0.1, -0.05) is 11.8 Å². The molecule has 114 valence electrons. The zero-order valence-electron chi connectivity index (χ0n) is 11.7. The van der Waals surface area contributed by atoms with Crippen LogP contribution in [0, 0.1) is 0 Å². The number of hydrogen-bond donors (Lipinski definition) is 1. The number of hydrogen-bond acceptors (Lipinski definition) is 5. The first kappa shape index (κ1) is 15.8. The standard InChI is InChI=1S/C13H16N2O4S2/c1-9(16)20-12-7-13(17)15(8-12)11-5-3-10(4-6-11)14-21(2,18)19/h3-6,12,14H,7-8H2,1-2H3. The van der Waals surface area contributed by atoms with Gasteiger partial charge in [0, 0.05) is 36.5 Å². The molecule has 0 bridgehead atoms. The maximum absolute atomic E-state index is 12.0. The Morgan fingerprint density at radius 1 is 1.33 bits per heavy atom.